The van der Waals surface area contributed by atoms with Gasteiger partial charge in [-0.25, -0.2) is 0 Å². The monoisotopic (exact) mass is 506 g/mol. The van der Waals surface area contributed by atoms with E-state index in [1.165, 1.54) is 0 Å². The van der Waals surface area contributed by atoms with Gasteiger partial charge in [0.15, 0.2) is 0 Å². The predicted octanol–water partition coefficient (Wildman–Crippen LogP) is 9.51. The highest BCUT2D eigenvalue weighted by Crippen LogP contribution is 2.40. The van der Waals surface area contributed by atoms with Gasteiger partial charge < -0.3 is 19.4 Å². The van der Waals surface area contributed by atoms with Crippen molar-refractivity contribution in [1.29, 1.82) is 0 Å². The van der Waals surface area contributed by atoms with Gasteiger partial charge in [0.25, 0.3) is 0 Å². The van der Waals surface area contributed by atoms with Gasteiger partial charge in [-0.05, 0) is 79.2 Å². The highest BCUT2D eigenvalue weighted by molar-refractivity contribution is 5.91. The summed E-state index contributed by atoms with van der Waals surface area (Å²) in [5.41, 5.74) is 5.74. The lowest BCUT2D eigenvalue weighted by molar-refractivity contribution is 0.482. The van der Waals surface area contributed by atoms with Crippen LogP contribution in [0.25, 0.3) is 10.9 Å². The van der Waals surface area contributed by atoms with Crippen LogP contribution in [0.5, 0.6) is 23.0 Å². The average Bonchev–Trinajstić information content (AvgIpc) is 3.30. The van der Waals surface area contributed by atoms with Crippen LogP contribution in [-0.4, -0.2) is 4.98 Å². The number of aromatic amines is 1. The molecule has 1 N–H and O–H groups in total. The van der Waals surface area contributed by atoms with Crippen molar-refractivity contribution >= 4 is 28.0 Å². The first-order valence-corrected chi connectivity index (χ1v) is 12.7. The molecule has 6 aromatic rings. The zero-order valence-corrected chi connectivity index (χ0v) is 21.5. The second kappa shape index (κ2) is 10.5. The highest BCUT2D eigenvalue weighted by Gasteiger charge is 2.17. The first-order chi connectivity index (χ1) is 19.2. The summed E-state index contributed by atoms with van der Waals surface area (Å²) in [5, 5.41) is 1.08. The van der Waals surface area contributed by atoms with E-state index in [1.54, 1.807) is 0 Å². The number of rotatable bonds is 7. The minimum atomic E-state index is 0.744. The van der Waals surface area contributed by atoms with E-state index in [1.807, 2.05) is 104 Å². The van der Waals surface area contributed by atoms with Gasteiger partial charge in [-0.1, -0.05) is 54.5 Å². The van der Waals surface area contributed by atoms with E-state index in [0.717, 1.165) is 62.2 Å². The van der Waals surface area contributed by atoms with Crippen molar-refractivity contribution < 1.29 is 9.47 Å². The van der Waals surface area contributed by atoms with Gasteiger partial charge in [0.05, 0.1) is 5.69 Å². The number of H-pyrrole nitrogens is 1. The second-order valence-corrected chi connectivity index (χ2v) is 9.16. The molecular formula is C35H26N2O2. The van der Waals surface area contributed by atoms with Crippen molar-refractivity contribution in [3.8, 4) is 35.3 Å². The number of para-hydroxylation sites is 2. The second-order valence-electron chi connectivity index (χ2n) is 9.16. The molecule has 0 spiro atoms. The van der Waals surface area contributed by atoms with Gasteiger partial charge in [-0.2, -0.15) is 0 Å². The first kappa shape index (κ1) is 24.0. The largest absolute Gasteiger partial charge is 0.457 e. The molecule has 0 bridgehead atoms. The molecule has 4 heteroatoms. The lowest BCUT2D eigenvalue weighted by Crippen LogP contribution is -2.10. The van der Waals surface area contributed by atoms with E-state index in [9.17, 15) is 0 Å². The maximum atomic E-state index is 6.17. The quantitative estimate of drug-likeness (QED) is 0.219. The summed E-state index contributed by atoms with van der Waals surface area (Å²) in [5.74, 6) is 5.81. The van der Waals surface area contributed by atoms with Crippen LogP contribution in [-0.2, 0) is 0 Å². The summed E-state index contributed by atoms with van der Waals surface area (Å²) in [6.45, 7) is 2.05. The fraction of sp³-hybridized carbons (Fsp3) is 0.0286. The van der Waals surface area contributed by atoms with Crippen molar-refractivity contribution in [2.75, 3.05) is 4.90 Å². The molecule has 39 heavy (non-hydrogen) atoms. The van der Waals surface area contributed by atoms with Gasteiger partial charge in [-0.15, -0.1) is 6.42 Å². The number of nitrogens with zero attached hydrogens (tertiary/aromatic N) is 1. The van der Waals surface area contributed by atoms with Crippen molar-refractivity contribution in [2.24, 2.45) is 0 Å². The Morgan fingerprint density at radius 2 is 1.10 bits per heavy atom. The van der Waals surface area contributed by atoms with Gasteiger partial charge in [0, 0.05) is 40.1 Å². The number of aromatic nitrogens is 1. The van der Waals surface area contributed by atoms with Gasteiger partial charge >= 0.3 is 0 Å². The van der Waals surface area contributed by atoms with Crippen LogP contribution < -0.4 is 14.4 Å². The SMILES string of the molecule is C#Cc1[nH]c2ccc(N(c3cccc(Oc4ccccc4)c3)c3cccc(Oc4ccccc4)c3)cc2c1C. The Morgan fingerprint density at radius 1 is 0.590 bits per heavy atom. The van der Waals surface area contributed by atoms with Gasteiger partial charge in [0.1, 0.15) is 23.0 Å². The van der Waals surface area contributed by atoms with Gasteiger partial charge in [-0.3, -0.25) is 0 Å². The Labute approximate surface area is 228 Å². The molecule has 6 rings (SSSR count). The van der Waals surface area contributed by atoms with E-state index in [0.29, 0.717) is 0 Å². The molecule has 0 amide bonds. The Bertz CT molecular complexity index is 1700. The molecule has 5 aromatic carbocycles. The fourth-order valence-electron chi connectivity index (χ4n) is 4.67. The van der Waals surface area contributed by atoms with E-state index < -0.39 is 0 Å². The molecule has 0 saturated heterocycles. The molecule has 0 saturated carbocycles. The fourth-order valence-corrected chi connectivity index (χ4v) is 4.67. The molecule has 0 aliphatic carbocycles. The molecule has 1 heterocycles. The third-order valence-electron chi connectivity index (χ3n) is 6.55. The number of anilines is 3. The summed E-state index contributed by atoms with van der Waals surface area (Å²) in [6.07, 6.45) is 5.73. The molecule has 0 radical (unpaired) electrons. The third-order valence-corrected chi connectivity index (χ3v) is 6.55. The maximum Gasteiger partial charge on any atom is 0.129 e. The van der Waals surface area contributed by atoms with E-state index in [4.69, 9.17) is 15.9 Å². The molecule has 0 unspecified atom stereocenters. The number of hydrogen-bond acceptors (Lipinski definition) is 3. The summed E-state index contributed by atoms with van der Waals surface area (Å²) >= 11 is 0. The van der Waals surface area contributed by atoms with E-state index in [-0.39, 0.29) is 0 Å². The van der Waals surface area contributed by atoms with Crippen molar-refractivity contribution in [2.45, 2.75) is 6.92 Å². The molecule has 1 aromatic heterocycles. The molecule has 0 atom stereocenters. The van der Waals surface area contributed by atoms with Crippen LogP contribution in [0.2, 0.25) is 0 Å². The lowest BCUT2D eigenvalue weighted by Gasteiger charge is -2.26. The van der Waals surface area contributed by atoms with Crippen molar-refractivity contribution in [3.63, 3.8) is 0 Å². The summed E-state index contributed by atoms with van der Waals surface area (Å²) in [6, 6.07) is 42.0. The Balaban J connectivity index is 1.45. The van der Waals surface area contributed by atoms with Crippen LogP contribution in [0.15, 0.2) is 127 Å². The van der Waals surface area contributed by atoms with E-state index >= 15 is 0 Å². The molecule has 0 aliphatic heterocycles. The summed E-state index contributed by atoms with van der Waals surface area (Å²) in [4.78, 5) is 5.53. The normalized spacial score (nSPS) is 10.7. The van der Waals surface area contributed by atoms with Crippen LogP contribution in [0.4, 0.5) is 17.1 Å². The Kier molecular flexibility index (Phi) is 6.47. The summed E-state index contributed by atoms with van der Waals surface area (Å²) in [7, 11) is 0. The third kappa shape index (κ3) is 5.07. The minimum absolute atomic E-state index is 0.744. The molecule has 188 valence electrons. The number of ether oxygens (including phenoxy) is 2. The van der Waals surface area contributed by atoms with Crippen LogP contribution >= 0.6 is 0 Å². The Hall–Kier alpha value is -5.40. The van der Waals surface area contributed by atoms with Crippen LogP contribution in [0, 0.1) is 19.3 Å². The number of nitrogens with one attached hydrogen (secondary N) is 1. The van der Waals surface area contributed by atoms with Crippen LogP contribution in [0.1, 0.15) is 11.3 Å². The number of aryl methyl sites for hydroxylation is 1. The Morgan fingerprint density at radius 3 is 1.64 bits per heavy atom. The zero-order valence-electron chi connectivity index (χ0n) is 21.5. The van der Waals surface area contributed by atoms with Crippen LogP contribution in [0.3, 0.4) is 0 Å². The maximum absolute atomic E-state index is 6.17. The number of fused-ring (bicyclic) bond motifs is 1. The average molecular weight is 507 g/mol. The molecule has 0 fully saturated rings. The standard InChI is InChI=1S/C35H26N2O2/c1-3-34-25(2)33-24-28(20-21-35(33)36-34)37(26-12-10-18-31(22-26)38-29-14-6-4-7-15-29)27-13-11-19-32(23-27)39-30-16-8-5-9-17-30/h1,4-24,36H,2H3. The first-order valence-electron chi connectivity index (χ1n) is 12.7. The number of benzene rings is 5. The summed E-state index contributed by atoms with van der Waals surface area (Å²) < 4.78 is 12.3. The highest BCUT2D eigenvalue weighted by atomic mass is 16.5. The number of hydrogen-bond donors (Lipinski definition) is 1. The van der Waals surface area contributed by atoms with Gasteiger partial charge in [0.2, 0.25) is 0 Å². The number of terminal acetylenes is 1. The molecule has 4 nitrogen and oxygen atoms in total. The van der Waals surface area contributed by atoms with Crippen molar-refractivity contribution in [1.82, 2.24) is 4.98 Å². The zero-order chi connectivity index (χ0) is 26.6. The van der Waals surface area contributed by atoms with E-state index in [2.05, 4.69) is 46.1 Å². The lowest BCUT2D eigenvalue weighted by atomic mass is 10.1. The topological polar surface area (TPSA) is 37.5 Å². The predicted molar refractivity (Wildman–Crippen MR) is 159 cm³/mol. The molecule has 0 aliphatic rings. The smallest absolute Gasteiger partial charge is 0.129 e. The molecular weight excluding hydrogens is 480 g/mol. The minimum Gasteiger partial charge on any atom is -0.457 e. The van der Waals surface area contributed by atoms with Crippen molar-refractivity contribution in [3.05, 3.63) is 139 Å².